The highest BCUT2D eigenvalue weighted by atomic mass is 35.5. The third-order valence-electron chi connectivity index (χ3n) is 2.70. The Kier molecular flexibility index (Phi) is 6.88. The summed E-state index contributed by atoms with van der Waals surface area (Å²) in [6.45, 7) is 4.51. The van der Waals surface area contributed by atoms with Crippen LogP contribution in [0.5, 0.6) is 0 Å². The fourth-order valence-electron chi connectivity index (χ4n) is 1.64. The summed E-state index contributed by atoms with van der Waals surface area (Å²) < 4.78 is 13.6. The van der Waals surface area contributed by atoms with Crippen molar-refractivity contribution < 1.29 is 9.18 Å². The van der Waals surface area contributed by atoms with Gasteiger partial charge in [0.2, 0.25) is 5.91 Å². The minimum Gasteiger partial charge on any atom is -0.355 e. The van der Waals surface area contributed by atoms with E-state index in [1.165, 1.54) is 6.07 Å². The molecular formula is C13H20ClFN2O. The summed E-state index contributed by atoms with van der Waals surface area (Å²) in [4.78, 5) is 11.3. The lowest BCUT2D eigenvalue weighted by Gasteiger charge is -2.26. The van der Waals surface area contributed by atoms with Crippen molar-refractivity contribution in [1.29, 1.82) is 0 Å². The molecule has 0 unspecified atom stereocenters. The molecule has 5 heteroatoms. The molecule has 18 heavy (non-hydrogen) atoms. The first kappa shape index (κ1) is 16.9. The largest absolute Gasteiger partial charge is 0.355 e. The van der Waals surface area contributed by atoms with Gasteiger partial charge in [0, 0.05) is 24.9 Å². The van der Waals surface area contributed by atoms with Crippen LogP contribution < -0.4 is 11.1 Å². The van der Waals surface area contributed by atoms with Gasteiger partial charge in [0.15, 0.2) is 0 Å². The standard InChI is InChI=1S/C13H19FN2O.ClH/c1-13(2,9-16-12(17)7-8-15)10-5-3-4-6-11(10)14;/h3-6H,7-9,15H2,1-2H3,(H,16,17);1H. The SMILES string of the molecule is CC(C)(CNC(=O)CCN)c1ccccc1F.Cl. The van der Waals surface area contributed by atoms with Gasteiger partial charge in [-0.1, -0.05) is 32.0 Å². The van der Waals surface area contributed by atoms with E-state index < -0.39 is 5.41 Å². The van der Waals surface area contributed by atoms with Crippen molar-refractivity contribution in [2.75, 3.05) is 13.1 Å². The Morgan fingerprint density at radius 2 is 2.00 bits per heavy atom. The van der Waals surface area contributed by atoms with Gasteiger partial charge in [0.25, 0.3) is 0 Å². The van der Waals surface area contributed by atoms with Crippen LogP contribution in [-0.2, 0) is 10.2 Å². The molecule has 0 spiro atoms. The van der Waals surface area contributed by atoms with Crippen molar-refractivity contribution in [2.24, 2.45) is 5.73 Å². The van der Waals surface area contributed by atoms with Crippen LogP contribution in [0.2, 0.25) is 0 Å². The van der Waals surface area contributed by atoms with Crippen molar-refractivity contribution in [3.63, 3.8) is 0 Å². The number of nitrogens with one attached hydrogen (secondary N) is 1. The zero-order valence-corrected chi connectivity index (χ0v) is 11.5. The van der Waals surface area contributed by atoms with Crippen LogP contribution in [0.15, 0.2) is 24.3 Å². The second-order valence-corrected chi connectivity index (χ2v) is 4.68. The smallest absolute Gasteiger partial charge is 0.221 e. The molecule has 0 fully saturated rings. The van der Waals surface area contributed by atoms with Gasteiger partial charge in [-0.2, -0.15) is 0 Å². The number of amides is 1. The molecule has 3 N–H and O–H groups in total. The van der Waals surface area contributed by atoms with Crippen molar-refractivity contribution in [2.45, 2.75) is 25.7 Å². The van der Waals surface area contributed by atoms with Crippen LogP contribution in [-0.4, -0.2) is 19.0 Å². The first-order chi connectivity index (χ1) is 7.97. The van der Waals surface area contributed by atoms with E-state index in [4.69, 9.17) is 5.73 Å². The lowest BCUT2D eigenvalue weighted by Crippen LogP contribution is -2.37. The number of halogens is 2. The van der Waals surface area contributed by atoms with E-state index in [0.29, 0.717) is 25.1 Å². The van der Waals surface area contributed by atoms with Crippen LogP contribution >= 0.6 is 12.4 Å². The molecule has 102 valence electrons. The van der Waals surface area contributed by atoms with Crippen molar-refractivity contribution in [1.82, 2.24) is 5.32 Å². The summed E-state index contributed by atoms with van der Waals surface area (Å²) in [5.74, 6) is -0.345. The zero-order valence-electron chi connectivity index (χ0n) is 10.7. The topological polar surface area (TPSA) is 55.1 Å². The molecule has 0 aromatic heterocycles. The average molecular weight is 275 g/mol. The van der Waals surface area contributed by atoms with Crippen molar-refractivity contribution in [3.8, 4) is 0 Å². The predicted octanol–water partition coefficient (Wildman–Crippen LogP) is 1.99. The Balaban J connectivity index is 0.00000289. The summed E-state index contributed by atoms with van der Waals surface area (Å²) >= 11 is 0. The van der Waals surface area contributed by atoms with Gasteiger partial charge >= 0.3 is 0 Å². The molecule has 0 saturated carbocycles. The van der Waals surface area contributed by atoms with Crippen LogP contribution in [0.25, 0.3) is 0 Å². The molecule has 0 heterocycles. The number of nitrogens with two attached hydrogens (primary N) is 1. The van der Waals surface area contributed by atoms with Gasteiger partial charge in [0.05, 0.1) is 0 Å². The molecule has 0 radical (unpaired) electrons. The molecule has 0 saturated heterocycles. The summed E-state index contributed by atoms with van der Waals surface area (Å²) in [7, 11) is 0. The maximum absolute atomic E-state index is 13.6. The van der Waals surface area contributed by atoms with Crippen LogP contribution in [0, 0.1) is 5.82 Å². The fraction of sp³-hybridized carbons (Fsp3) is 0.462. The molecule has 1 aromatic carbocycles. The molecule has 0 atom stereocenters. The quantitative estimate of drug-likeness (QED) is 0.863. The highest BCUT2D eigenvalue weighted by molar-refractivity contribution is 5.85. The van der Waals surface area contributed by atoms with Crippen LogP contribution in [0.1, 0.15) is 25.8 Å². The van der Waals surface area contributed by atoms with E-state index in [1.54, 1.807) is 18.2 Å². The first-order valence-corrected chi connectivity index (χ1v) is 5.69. The van der Waals surface area contributed by atoms with E-state index >= 15 is 0 Å². The fourth-order valence-corrected chi connectivity index (χ4v) is 1.64. The number of hydrogen-bond donors (Lipinski definition) is 2. The summed E-state index contributed by atoms with van der Waals surface area (Å²) in [5.41, 5.74) is 5.45. The molecule has 1 aromatic rings. The number of carbonyl (C=O) groups excluding carboxylic acids is 1. The normalized spacial score (nSPS) is 10.7. The summed E-state index contributed by atoms with van der Waals surface area (Å²) in [5, 5.41) is 2.76. The Bertz CT molecular complexity index is 396. The highest BCUT2D eigenvalue weighted by Crippen LogP contribution is 2.24. The lowest BCUT2D eigenvalue weighted by molar-refractivity contribution is -0.121. The second-order valence-electron chi connectivity index (χ2n) is 4.68. The van der Waals surface area contributed by atoms with Crippen molar-refractivity contribution >= 4 is 18.3 Å². The van der Waals surface area contributed by atoms with E-state index in [2.05, 4.69) is 5.32 Å². The van der Waals surface area contributed by atoms with Gasteiger partial charge in [-0.25, -0.2) is 4.39 Å². The highest BCUT2D eigenvalue weighted by Gasteiger charge is 2.24. The molecule has 1 rings (SSSR count). The zero-order chi connectivity index (χ0) is 12.9. The Morgan fingerprint density at radius 3 is 2.56 bits per heavy atom. The van der Waals surface area contributed by atoms with E-state index in [1.807, 2.05) is 13.8 Å². The Morgan fingerprint density at radius 1 is 1.39 bits per heavy atom. The third kappa shape index (κ3) is 4.63. The monoisotopic (exact) mass is 274 g/mol. The third-order valence-corrected chi connectivity index (χ3v) is 2.70. The van der Waals surface area contributed by atoms with E-state index in [-0.39, 0.29) is 24.1 Å². The van der Waals surface area contributed by atoms with Gasteiger partial charge in [-0.15, -0.1) is 12.4 Å². The Hall–Kier alpha value is -1.13. The molecule has 0 aliphatic heterocycles. The molecule has 0 aliphatic carbocycles. The molecule has 0 aliphatic rings. The van der Waals surface area contributed by atoms with Gasteiger partial charge in [-0.3, -0.25) is 4.79 Å². The summed E-state index contributed by atoms with van der Waals surface area (Å²) in [6, 6.07) is 6.62. The van der Waals surface area contributed by atoms with Gasteiger partial charge < -0.3 is 11.1 Å². The maximum Gasteiger partial charge on any atom is 0.221 e. The number of benzene rings is 1. The Labute approximate surface area is 113 Å². The minimum absolute atomic E-state index is 0. The van der Waals surface area contributed by atoms with Crippen LogP contribution in [0.4, 0.5) is 4.39 Å². The van der Waals surface area contributed by atoms with Crippen LogP contribution in [0.3, 0.4) is 0 Å². The lowest BCUT2D eigenvalue weighted by atomic mass is 9.84. The van der Waals surface area contributed by atoms with Crippen molar-refractivity contribution in [3.05, 3.63) is 35.6 Å². The van der Waals surface area contributed by atoms with E-state index in [0.717, 1.165) is 0 Å². The second kappa shape index (κ2) is 7.34. The molecular weight excluding hydrogens is 255 g/mol. The predicted molar refractivity (Wildman–Crippen MR) is 73.4 cm³/mol. The average Bonchev–Trinajstić information content (AvgIpc) is 2.27. The molecule has 3 nitrogen and oxygen atoms in total. The number of carbonyl (C=O) groups is 1. The number of rotatable bonds is 5. The van der Waals surface area contributed by atoms with Gasteiger partial charge in [-0.05, 0) is 11.6 Å². The van der Waals surface area contributed by atoms with E-state index in [9.17, 15) is 9.18 Å². The molecule has 1 amide bonds. The number of hydrogen-bond acceptors (Lipinski definition) is 2. The minimum atomic E-state index is -0.435. The molecule has 0 bridgehead atoms. The van der Waals surface area contributed by atoms with Gasteiger partial charge in [0.1, 0.15) is 5.82 Å². The first-order valence-electron chi connectivity index (χ1n) is 5.69. The summed E-state index contributed by atoms with van der Waals surface area (Å²) in [6.07, 6.45) is 0.299. The maximum atomic E-state index is 13.6.